The molecule has 0 aliphatic carbocycles. The van der Waals surface area contributed by atoms with Crippen LogP contribution in [-0.2, 0) is 0 Å². The predicted octanol–water partition coefficient (Wildman–Crippen LogP) is -0.363. The summed E-state index contributed by atoms with van der Waals surface area (Å²) in [6.07, 6.45) is 4.87. The molecular formula is C13H22N6O. The lowest BCUT2D eigenvalue weighted by Crippen LogP contribution is -2.36. The number of amides is 1. The standard InChI is InChI=1S/C13H22N6O/c1-18-7-4-10(8-18)15-13(20)12-9-19(17-16-12)11-2-5-14-6-3-11/h9-11,14H,2-8H2,1H3,(H,15,20). The molecule has 0 saturated carbocycles. The molecule has 1 aromatic rings. The average molecular weight is 278 g/mol. The lowest BCUT2D eigenvalue weighted by molar-refractivity contribution is 0.0933. The van der Waals surface area contributed by atoms with E-state index in [1.165, 1.54) is 0 Å². The third-order valence-electron chi connectivity index (χ3n) is 4.15. The van der Waals surface area contributed by atoms with Crippen LogP contribution in [0.3, 0.4) is 0 Å². The highest BCUT2D eigenvalue weighted by molar-refractivity contribution is 5.92. The maximum absolute atomic E-state index is 12.1. The number of aromatic nitrogens is 3. The molecule has 110 valence electrons. The molecule has 2 aliphatic rings. The minimum absolute atomic E-state index is 0.106. The molecule has 0 spiro atoms. The van der Waals surface area contributed by atoms with Crippen molar-refractivity contribution >= 4 is 5.91 Å². The maximum atomic E-state index is 12.1. The maximum Gasteiger partial charge on any atom is 0.273 e. The second-order valence-electron chi connectivity index (χ2n) is 5.79. The van der Waals surface area contributed by atoms with Gasteiger partial charge < -0.3 is 15.5 Å². The Kier molecular flexibility index (Phi) is 3.98. The van der Waals surface area contributed by atoms with Crippen molar-refractivity contribution in [3.63, 3.8) is 0 Å². The highest BCUT2D eigenvalue weighted by Gasteiger charge is 2.23. The first-order chi connectivity index (χ1) is 9.72. The average Bonchev–Trinajstić information content (AvgIpc) is 3.09. The Balaban J connectivity index is 1.59. The number of hydrogen-bond donors (Lipinski definition) is 2. The van der Waals surface area contributed by atoms with Crippen LogP contribution >= 0.6 is 0 Å². The van der Waals surface area contributed by atoms with Crippen LogP contribution in [0.25, 0.3) is 0 Å². The van der Waals surface area contributed by atoms with Crippen LogP contribution < -0.4 is 10.6 Å². The van der Waals surface area contributed by atoms with Gasteiger partial charge in [0.2, 0.25) is 0 Å². The molecule has 3 heterocycles. The summed E-state index contributed by atoms with van der Waals surface area (Å²) >= 11 is 0. The Morgan fingerprint density at radius 3 is 2.90 bits per heavy atom. The van der Waals surface area contributed by atoms with Gasteiger partial charge in [-0.25, -0.2) is 4.68 Å². The van der Waals surface area contributed by atoms with Gasteiger partial charge in [-0.05, 0) is 45.9 Å². The van der Waals surface area contributed by atoms with Crippen LogP contribution in [0.1, 0.15) is 35.8 Å². The van der Waals surface area contributed by atoms with Crippen molar-refractivity contribution in [2.45, 2.75) is 31.3 Å². The monoisotopic (exact) mass is 278 g/mol. The molecule has 3 rings (SSSR count). The van der Waals surface area contributed by atoms with Gasteiger partial charge in [0, 0.05) is 12.6 Å². The number of hydrogen-bond acceptors (Lipinski definition) is 5. The molecule has 1 unspecified atom stereocenters. The number of likely N-dealkylation sites (N-methyl/N-ethyl adjacent to an activating group) is 1. The number of carbonyl (C=O) groups is 1. The normalized spacial score (nSPS) is 24.9. The minimum Gasteiger partial charge on any atom is -0.347 e. The summed E-state index contributed by atoms with van der Waals surface area (Å²) in [4.78, 5) is 14.4. The summed E-state index contributed by atoms with van der Waals surface area (Å²) in [6, 6.07) is 0.597. The van der Waals surface area contributed by atoms with Gasteiger partial charge in [-0.3, -0.25) is 4.79 Å². The molecule has 0 bridgehead atoms. The van der Waals surface area contributed by atoms with Crippen LogP contribution in [0.5, 0.6) is 0 Å². The SMILES string of the molecule is CN1CCC(NC(=O)c2cn(C3CCNCC3)nn2)C1. The van der Waals surface area contributed by atoms with Gasteiger partial charge in [0.15, 0.2) is 5.69 Å². The zero-order valence-corrected chi connectivity index (χ0v) is 11.9. The summed E-state index contributed by atoms with van der Waals surface area (Å²) in [6.45, 7) is 3.95. The first-order valence-electron chi connectivity index (χ1n) is 7.34. The highest BCUT2D eigenvalue weighted by atomic mass is 16.2. The van der Waals surface area contributed by atoms with Crippen molar-refractivity contribution < 1.29 is 4.79 Å². The fraction of sp³-hybridized carbons (Fsp3) is 0.769. The number of likely N-dealkylation sites (tertiary alicyclic amines) is 1. The van der Waals surface area contributed by atoms with E-state index >= 15 is 0 Å². The number of piperidine rings is 1. The summed E-state index contributed by atoms with van der Waals surface area (Å²) in [7, 11) is 2.07. The molecule has 1 aromatic heterocycles. The van der Waals surface area contributed by atoms with Gasteiger partial charge in [-0.1, -0.05) is 5.21 Å². The van der Waals surface area contributed by atoms with E-state index in [2.05, 4.69) is 32.9 Å². The zero-order valence-electron chi connectivity index (χ0n) is 11.9. The third-order valence-corrected chi connectivity index (χ3v) is 4.15. The number of nitrogens with one attached hydrogen (secondary N) is 2. The van der Waals surface area contributed by atoms with Crippen molar-refractivity contribution in [3.05, 3.63) is 11.9 Å². The molecule has 2 N–H and O–H groups in total. The first-order valence-corrected chi connectivity index (χ1v) is 7.34. The lowest BCUT2D eigenvalue weighted by atomic mass is 10.1. The van der Waals surface area contributed by atoms with E-state index in [4.69, 9.17) is 0 Å². The van der Waals surface area contributed by atoms with Gasteiger partial charge in [0.05, 0.1) is 12.2 Å². The first kappa shape index (κ1) is 13.5. The fourth-order valence-electron chi connectivity index (χ4n) is 2.94. The largest absolute Gasteiger partial charge is 0.347 e. The molecule has 1 amide bonds. The quantitative estimate of drug-likeness (QED) is 0.789. The van der Waals surface area contributed by atoms with Crippen molar-refractivity contribution in [1.29, 1.82) is 0 Å². The number of carbonyl (C=O) groups excluding carboxylic acids is 1. The molecule has 7 heteroatoms. The molecule has 2 fully saturated rings. The van der Waals surface area contributed by atoms with E-state index in [-0.39, 0.29) is 11.9 Å². The Hall–Kier alpha value is -1.47. The van der Waals surface area contributed by atoms with E-state index in [1.807, 2.05) is 4.68 Å². The third kappa shape index (κ3) is 2.99. The van der Waals surface area contributed by atoms with E-state index in [9.17, 15) is 4.79 Å². The van der Waals surface area contributed by atoms with Crippen LogP contribution in [0.2, 0.25) is 0 Å². The van der Waals surface area contributed by atoms with Gasteiger partial charge in [0.1, 0.15) is 0 Å². The lowest BCUT2D eigenvalue weighted by Gasteiger charge is -2.22. The van der Waals surface area contributed by atoms with E-state index in [0.717, 1.165) is 45.4 Å². The Morgan fingerprint density at radius 1 is 1.40 bits per heavy atom. The number of rotatable bonds is 3. The topological polar surface area (TPSA) is 75.1 Å². The summed E-state index contributed by atoms with van der Waals surface area (Å²) < 4.78 is 1.84. The van der Waals surface area contributed by atoms with E-state index in [0.29, 0.717) is 11.7 Å². The van der Waals surface area contributed by atoms with Crippen LogP contribution in [0.4, 0.5) is 0 Å². The van der Waals surface area contributed by atoms with Crippen LogP contribution in [0.15, 0.2) is 6.20 Å². The minimum atomic E-state index is -0.106. The molecule has 2 saturated heterocycles. The second-order valence-corrected chi connectivity index (χ2v) is 5.79. The Morgan fingerprint density at radius 2 is 2.20 bits per heavy atom. The molecule has 7 nitrogen and oxygen atoms in total. The summed E-state index contributed by atoms with van der Waals surface area (Å²) in [5.41, 5.74) is 0.429. The van der Waals surface area contributed by atoms with Crippen LogP contribution in [-0.4, -0.2) is 65.1 Å². The van der Waals surface area contributed by atoms with Crippen molar-refractivity contribution in [2.75, 3.05) is 33.2 Å². The Labute approximate surface area is 118 Å². The van der Waals surface area contributed by atoms with Crippen molar-refractivity contribution in [1.82, 2.24) is 30.5 Å². The van der Waals surface area contributed by atoms with Gasteiger partial charge >= 0.3 is 0 Å². The summed E-state index contributed by atoms with van der Waals surface area (Å²) in [5, 5.41) is 14.5. The van der Waals surface area contributed by atoms with Gasteiger partial charge in [-0.15, -0.1) is 5.10 Å². The molecule has 20 heavy (non-hydrogen) atoms. The van der Waals surface area contributed by atoms with E-state index < -0.39 is 0 Å². The van der Waals surface area contributed by atoms with Gasteiger partial charge in [0.25, 0.3) is 5.91 Å². The smallest absolute Gasteiger partial charge is 0.273 e. The molecule has 0 aromatic carbocycles. The molecular weight excluding hydrogens is 256 g/mol. The highest BCUT2D eigenvalue weighted by Crippen LogP contribution is 2.17. The Bertz CT molecular complexity index is 467. The zero-order chi connectivity index (χ0) is 13.9. The number of nitrogens with zero attached hydrogens (tertiary/aromatic N) is 4. The molecule has 0 radical (unpaired) electrons. The van der Waals surface area contributed by atoms with Crippen molar-refractivity contribution in [2.24, 2.45) is 0 Å². The van der Waals surface area contributed by atoms with Crippen LogP contribution in [0, 0.1) is 0 Å². The molecule has 2 aliphatic heterocycles. The van der Waals surface area contributed by atoms with E-state index in [1.54, 1.807) is 6.20 Å². The molecule has 1 atom stereocenters. The summed E-state index contributed by atoms with van der Waals surface area (Å²) in [5.74, 6) is -0.106. The fourth-order valence-corrected chi connectivity index (χ4v) is 2.94. The van der Waals surface area contributed by atoms with Gasteiger partial charge in [-0.2, -0.15) is 0 Å². The second kappa shape index (κ2) is 5.88. The predicted molar refractivity (Wildman–Crippen MR) is 74.5 cm³/mol. The van der Waals surface area contributed by atoms with Crippen molar-refractivity contribution in [3.8, 4) is 0 Å².